The zero-order valence-corrected chi connectivity index (χ0v) is 6.06. The molecule has 0 amide bonds. The van der Waals surface area contributed by atoms with E-state index in [4.69, 9.17) is 0 Å². The summed E-state index contributed by atoms with van der Waals surface area (Å²) in [6, 6.07) is 0.685. The van der Waals surface area contributed by atoms with Crippen LogP contribution in [0.3, 0.4) is 0 Å². The summed E-state index contributed by atoms with van der Waals surface area (Å²) in [5.41, 5.74) is 0. The predicted octanol–water partition coefficient (Wildman–Crippen LogP) is 1.70. The van der Waals surface area contributed by atoms with Gasteiger partial charge in [-0.15, -0.1) is 0 Å². The number of allylic oxidation sites excluding steroid dienone is 1. The minimum absolute atomic E-state index is 0.685. The van der Waals surface area contributed by atoms with Gasteiger partial charge < -0.3 is 5.32 Å². The lowest BCUT2D eigenvalue weighted by atomic mass is 10.2. The molecule has 1 atom stereocenters. The smallest absolute Gasteiger partial charge is 0.0250 e. The van der Waals surface area contributed by atoms with Gasteiger partial charge >= 0.3 is 0 Å². The second-order valence-corrected chi connectivity index (χ2v) is 2.54. The lowest BCUT2D eigenvalue weighted by Crippen LogP contribution is -2.17. The Morgan fingerprint density at radius 3 is 3.11 bits per heavy atom. The van der Waals surface area contributed by atoms with Crippen molar-refractivity contribution in [3.63, 3.8) is 0 Å². The van der Waals surface area contributed by atoms with Gasteiger partial charge in [-0.25, -0.2) is 0 Å². The van der Waals surface area contributed by atoms with E-state index in [9.17, 15) is 0 Å². The van der Waals surface area contributed by atoms with Gasteiger partial charge in [0.2, 0.25) is 0 Å². The maximum atomic E-state index is 3.40. The third-order valence-electron chi connectivity index (χ3n) is 1.70. The summed E-state index contributed by atoms with van der Waals surface area (Å²) in [6.07, 6.45) is 8.36. The summed E-state index contributed by atoms with van der Waals surface area (Å²) in [4.78, 5) is 0. The fourth-order valence-corrected chi connectivity index (χ4v) is 1.18. The lowest BCUT2D eigenvalue weighted by Gasteiger charge is -2.00. The monoisotopic (exact) mass is 125 g/mol. The molecule has 9 heavy (non-hydrogen) atoms. The molecule has 0 aromatic heterocycles. The maximum Gasteiger partial charge on any atom is 0.0250 e. The highest BCUT2D eigenvalue weighted by atomic mass is 14.9. The van der Waals surface area contributed by atoms with Crippen LogP contribution in [0.1, 0.15) is 26.2 Å². The molecule has 0 saturated carbocycles. The molecule has 0 aromatic carbocycles. The molecule has 1 aliphatic rings. The van der Waals surface area contributed by atoms with Crippen LogP contribution in [-0.4, -0.2) is 12.6 Å². The summed E-state index contributed by atoms with van der Waals surface area (Å²) in [5, 5.41) is 3.40. The zero-order chi connectivity index (χ0) is 6.53. The standard InChI is InChI=1S/C8H15N/c1-2-3-5-8-6-4-7-9-8/h3,5,8-9H,2,4,6-7H2,1H3/b5-3+/t8-/m1/s1. The molecule has 0 aliphatic carbocycles. The Bertz CT molecular complexity index is 90.7. The van der Waals surface area contributed by atoms with E-state index in [1.54, 1.807) is 0 Å². The Hall–Kier alpha value is -0.300. The highest BCUT2D eigenvalue weighted by Crippen LogP contribution is 2.05. The number of hydrogen-bond acceptors (Lipinski definition) is 1. The van der Waals surface area contributed by atoms with Crippen molar-refractivity contribution in [2.24, 2.45) is 0 Å². The first kappa shape index (κ1) is 6.81. The number of rotatable bonds is 2. The first-order valence-electron chi connectivity index (χ1n) is 3.83. The molecule has 1 rings (SSSR count). The van der Waals surface area contributed by atoms with Crippen LogP contribution in [0, 0.1) is 0 Å². The van der Waals surface area contributed by atoms with Crippen LogP contribution < -0.4 is 5.32 Å². The maximum absolute atomic E-state index is 3.40. The van der Waals surface area contributed by atoms with Crippen molar-refractivity contribution in [3.05, 3.63) is 12.2 Å². The zero-order valence-electron chi connectivity index (χ0n) is 6.06. The van der Waals surface area contributed by atoms with E-state index in [2.05, 4.69) is 24.4 Å². The topological polar surface area (TPSA) is 12.0 Å². The van der Waals surface area contributed by atoms with Crippen molar-refractivity contribution in [3.8, 4) is 0 Å². The van der Waals surface area contributed by atoms with Gasteiger partial charge in [0.05, 0.1) is 0 Å². The highest BCUT2D eigenvalue weighted by molar-refractivity contribution is 4.95. The van der Waals surface area contributed by atoms with Crippen LogP contribution in [0.5, 0.6) is 0 Å². The number of hydrogen-bond donors (Lipinski definition) is 1. The van der Waals surface area contributed by atoms with Gasteiger partial charge in [-0.3, -0.25) is 0 Å². The molecule has 0 aromatic rings. The Kier molecular flexibility index (Phi) is 2.78. The first-order valence-corrected chi connectivity index (χ1v) is 3.83. The fourth-order valence-electron chi connectivity index (χ4n) is 1.18. The molecule has 1 aliphatic heterocycles. The normalized spacial score (nSPS) is 27.9. The third-order valence-corrected chi connectivity index (χ3v) is 1.70. The Balaban J connectivity index is 2.18. The van der Waals surface area contributed by atoms with E-state index in [0.29, 0.717) is 6.04 Å². The second kappa shape index (κ2) is 3.67. The SMILES string of the molecule is CC/C=C/[C@@H]1CCCN1. The summed E-state index contributed by atoms with van der Waals surface area (Å²) in [5.74, 6) is 0. The first-order chi connectivity index (χ1) is 4.43. The second-order valence-electron chi connectivity index (χ2n) is 2.54. The summed E-state index contributed by atoms with van der Waals surface area (Å²) in [6.45, 7) is 3.38. The van der Waals surface area contributed by atoms with Crippen LogP contribution >= 0.6 is 0 Å². The van der Waals surface area contributed by atoms with Gasteiger partial charge in [0, 0.05) is 6.04 Å². The molecule has 1 N–H and O–H groups in total. The van der Waals surface area contributed by atoms with Crippen molar-refractivity contribution < 1.29 is 0 Å². The minimum atomic E-state index is 0.685. The third kappa shape index (κ3) is 2.19. The van der Waals surface area contributed by atoms with E-state index in [0.717, 1.165) is 6.42 Å². The van der Waals surface area contributed by atoms with E-state index >= 15 is 0 Å². The number of nitrogens with one attached hydrogen (secondary N) is 1. The molecule has 1 heteroatoms. The molecule has 0 bridgehead atoms. The molecular formula is C8H15N. The van der Waals surface area contributed by atoms with Gasteiger partial charge in [-0.05, 0) is 25.8 Å². The van der Waals surface area contributed by atoms with Crippen LogP contribution in [0.15, 0.2) is 12.2 Å². The minimum Gasteiger partial charge on any atom is -0.311 e. The van der Waals surface area contributed by atoms with Crippen molar-refractivity contribution in [2.45, 2.75) is 32.2 Å². The van der Waals surface area contributed by atoms with Gasteiger partial charge in [-0.1, -0.05) is 19.1 Å². The molecule has 0 unspecified atom stereocenters. The Labute approximate surface area is 57.1 Å². The average molecular weight is 125 g/mol. The Morgan fingerprint density at radius 2 is 2.56 bits per heavy atom. The molecule has 0 radical (unpaired) electrons. The highest BCUT2D eigenvalue weighted by Gasteiger charge is 2.08. The quantitative estimate of drug-likeness (QED) is 0.554. The van der Waals surface area contributed by atoms with Crippen LogP contribution in [-0.2, 0) is 0 Å². The van der Waals surface area contributed by atoms with Crippen molar-refractivity contribution in [1.29, 1.82) is 0 Å². The van der Waals surface area contributed by atoms with Gasteiger partial charge in [0.25, 0.3) is 0 Å². The van der Waals surface area contributed by atoms with Crippen molar-refractivity contribution in [1.82, 2.24) is 5.32 Å². The lowest BCUT2D eigenvalue weighted by molar-refractivity contribution is 0.725. The molecule has 0 spiro atoms. The molecule has 1 nitrogen and oxygen atoms in total. The average Bonchev–Trinajstić information content (AvgIpc) is 2.34. The van der Waals surface area contributed by atoms with Gasteiger partial charge in [-0.2, -0.15) is 0 Å². The Morgan fingerprint density at radius 1 is 1.67 bits per heavy atom. The van der Waals surface area contributed by atoms with E-state index in [-0.39, 0.29) is 0 Å². The van der Waals surface area contributed by atoms with E-state index in [1.165, 1.54) is 19.4 Å². The molecule has 1 fully saturated rings. The molecule has 52 valence electrons. The summed E-state index contributed by atoms with van der Waals surface area (Å²) >= 11 is 0. The van der Waals surface area contributed by atoms with Crippen molar-refractivity contribution in [2.75, 3.05) is 6.54 Å². The van der Waals surface area contributed by atoms with E-state index < -0.39 is 0 Å². The van der Waals surface area contributed by atoms with Crippen LogP contribution in [0.25, 0.3) is 0 Å². The molecular weight excluding hydrogens is 110 g/mol. The van der Waals surface area contributed by atoms with E-state index in [1.807, 2.05) is 0 Å². The van der Waals surface area contributed by atoms with Crippen LogP contribution in [0.2, 0.25) is 0 Å². The van der Waals surface area contributed by atoms with Gasteiger partial charge in [0.15, 0.2) is 0 Å². The van der Waals surface area contributed by atoms with Gasteiger partial charge in [0.1, 0.15) is 0 Å². The van der Waals surface area contributed by atoms with Crippen molar-refractivity contribution >= 4 is 0 Å². The largest absolute Gasteiger partial charge is 0.311 e. The molecule has 1 heterocycles. The summed E-state index contributed by atoms with van der Waals surface area (Å²) in [7, 11) is 0. The predicted molar refractivity (Wildman–Crippen MR) is 40.5 cm³/mol. The molecule has 1 saturated heterocycles. The fraction of sp³-hybridized carbons (Fsp3) is 0.750. The summed E-state index contributed by atoms with van der Waals surface area (Å²) < 4.78 is 0. The van der Waals surface area contributed by atoms with Crippen LogP contribution in [0.4, 0.5) is 0 Å².